The average molecular weight is 296 g/mol. The summed E-state index contributed by atoms with van der Waals surface area (Å²) in [7, 11) is 0. The Morgan fingerprint density at radius 3 is 2.29 bits per heavy atom. The molecule has 0 aromatic rings. The molecule has 0 amide bonds. The Bertz CT molecular complexity index is 295. The van der Waals surface area contributed by atoms with Crippen LogP contribution in [-0.4, -0.2) is 29.6 Å². The number of hydrogen-bond acceptors (Lipinski definition) is 3. The van der Waals surface area contributed by atoms with Gasteiger partial charge < -0.3 is 0 Å². The van der Waals surface area contributed by atoms with E-state index in [1.807, 2.05) is 0 Å². The van der Waals surface area contributed by atoms with Gasteiger partial charge in [-0.15, -0.1) is 0 Å². The van der Waals surface area contributed by atoms with Crippen molar-refractivity contribution in [1.82, 2.24) is 10.3 Å². The molecule has 0 spiro atoms. The first-order chi connectivity index (χ1) is 10.2. The van der Waals surface area contributed by atoms with Crippen LogP contribution in [0.5, 0.6) is 0 Å². The van der Waals surface area contributed by atoms with Crippen LogP contribution in [0.25, 0.3) is 0 Å². The van der Waals surface area contributed by atoms with Crippen LogP contribution in [0.4, 0.5) is 0 Å². The first-order valence-corrected chi connectivity index (χ1v) is 9.43. The lowest BCUT2D eigenvalue weighted by molar-refractivity contribution is 0.0221. The predicted molar refractivity (Wildman–Crippen MR) is 91.0 cm³/mol. The molecule has 124 valence electrons. The van der Waals surface area contributed by atoms with Crippen LogP contribution < -0.4 is 11.3 Å². The average Bonchev–Trinajstić information content (AvgIpc) is 3.07. The van der Waals surface area contributed by atoms with Gasteiger partial charge in [0.1, 0.15) is 0 Å². The lowest BCUT2D eigenvalue weighted by Crippen LogP contribution is -2.64. The molecule has 0 bridgehead atoms. The molecule has 1 heterocycles. The molecule has 2 aliphatic rings. The zero-order valence-electron chi connectivity index (χ0n) is 14.5. The minimum atomic E-state index is 0.269. The number of hydrogen-bond donors (Lipinski definition) is 2. The van der Waals surface area contributed by atoms with Crippen LogP contribution in [0, 0.1) is 11.8 Å². The lowest BCUT2D eigenvalue weighted by Gasteiger charge is -2.50. The number of rotatable bonds is 7. The first-order valence-electron chi connectivity index (χ1n) is 9.43. The van der Waals surface area contributed by atoms with Gasteiger partial charge in [0, 0.05) is 11.6 Å². The van der Waals surface area contributed by atoms with Gasteiger partial charge in [0.25, 0.3) is 0 Å². The van der Waals surface area contributed by atoms with Gasteiger partial charge in [-0.25, -0.2) is 0 Å². The van der Waals surface area contributed by atoms with Gasteiger partial charge in [0.05, 0.1) is 0 Å². The summed E-state index contributed by atoms with van der Waals surface area (Å²) in [5, 5.41) is 0. The van der Waals surface area contributed by atoms with E-state index < -0.39 is 0 Å². The van der Waals surface area contributed by atoms with E-state index >= 15 is 0 Å². The van der Waals surface area contributed by atoms with E-state index in [0.717, 1.165) is 11.8 Å². The van der Waals surface area contributed by atoms with E-state index in [9.17, 15) is 0 Å². The van der Waals surface area contributed by atoms with E-state index in [1.165, 1.54) is 70.9 Å². The summed E-state index contributed by atoms with van der Waals surface area (Å²) >= 11 is 0. The molecule has 1 saturated heterocycles. The maximum atomic E-state index is 6.12. The summed E-state index contributed by atoms with van der Waals surface area (Å²) in [6.07, 6.45) is 12.1. The maximum Gasteiger partial charge on any atom is 0.0422 e. The van der Waals surface area contributed by atoms with E-state index in [4.69, 9.17) is 5.84 Å². The third kappa shape index (κ3) is 3.46. The molecule has 3 heteroatoms. The molecule has 1 saturated carbocycles. The molecule has 21 heavy (non-hydrogen) atoms. The van der Waals surface area contributed by atoms with Crippen LogP contribution >= 0.6 is 0 Å². The second kappa shape index (κ2) is 7.94. The number of hydrazine groups is 1. The highest BCUT2D eigenvalue weighted by Crippen LogP contribution is 2.41. The Balaban J connectivity index is 2.18. The van der Waals surface area contributed by atoms with E-state index in [1.54, 1.807) is 0 Å². The van der Waals surface area contributed by atoms with E-state index in [-0.39, 0.29) is 5.54 Å². The lowest BCUT2D eigenvalue weighted by atomic mass is 9.69. The Hall–Kier alpha value is -0.120. The minimum Gasteiger partial charge on any atom is -0.296 e. The van der Waals surface area contributed by atoms with Gasteiger partial charge in [-0.1, -0.05) is 40.0 Å². The molecular weight excluding hydrogens is 258 g/mol. The molecular formula is C18H37N3. The molecule has 2 rings (SSSR count). The Morgan fingerprint density at radius 2 is 1.76 bits per heavy atom. The molecule has 0 aromatic heterocycles. The molecule has 3 unspecified atom stereocenters. The summed E-state index contributed by atoms with van der Waals surface area (Å²) in [6.45, 7) is 9.62. The summed E-state index contributed by atoms with van der Waals surface area (Å²) < 4.78 is 0. The van der Waals surface area contributed by atoms with Gasteiger partial charge in [-0.05, 0) is 63.5 Å². The van der Waals surface area contributed by atoms with Crippen molar-refractivity contribution >= 4 is 0 Å². The van der Waals surface area contributed by atoms with Crippen LogP contribution in [0.3, 0.4) is 0 Å². The predicted octanol–water partition coefficient (Wildman–Crippen LogP) is 3.69. The van der Waals surface area contributed by atoms with Gasteiger partial charge in [0.15, 0.2) is 0 Å². The van der Waals surface area contributed by atoms with E-state index in [0.29, 0.717) is 6.04 Å². The number of nitrogens with one attached hydrogen (secondary N) is 1. The topological polar surface area (TPSA) is 41.3 Å². The van der Waals surface area contributed by atoms with Gasteiger partial charge in [-0.2, -0.15) is 0 Å². The summed E-state index contributed by atoms with van der Waals surface area (Å²) in [5.74, 6) is 7.80. The second-order valence-corrected chi connectivity index (χ2v) is 7.35. The third-order valence-electron chi connectivity index (χ3n) is 6.59. The van der Waals surface area contributed by atoms with Gasteiger partial charge in [-0.3, -0.25) is 16.2 Å². The van der Waals surface area contributed by atoms with E-state index in [2.05, 4.69) is 31.1 Å². The molecule has 3 N–H and O–H groups in total. The van der Waals surface area contributed by atoms with Crippen molar-refractivity contribution in [2.45, 2.75) is 90.1 Å². The minimum absolute atomic E-state index is 0.269. The summed E-state index contributed by atoms with van der Waals surface area (Å²) in [6, 6.07) is 0.458. The van der Waals surface area contributed by atoms with Crippen molar-refractivity contribution in [3.8, 4) is 0 Å². The monoisotopic (exact) mass is 295 g/mol. The Labute approximate surface area is 132 Å². The number of nitrogens with zero attached hydrogens (tertiary/aromatic N) is 1. The van der Waals surface area contributed by atoms with Crippen molar-refractivity contribution < 1.29 is 0 Å². The summed E-state index contributed by atoms with van der Waals surface area (Å²) in [5.41, 5.74) is 3.56. The number of nitrogens with two attached hydrogens (primary N) is 1. The SMILES string of the molecule is CCC1CCCC(C(NN)C(CC)(CC)N2CCCC2)C1. The Kier molecular flexibility index (Phi) is 6.51. The van der Waals surface area contributed by atoms with Crippen molar-refractivity contribution in [2.24, 2.45) is 17.7 Å². The standard InChI is InChI=1S/C18H37N3/c1-4-15-10-9-11-16(14-15)17(20-19)18(5-2,6-3)21-12-7-8-13-21/h15-17,20H,4-14,19H2,1-3H3. The zero-order chi connectivity index (χ0) is 15.3. The smallest absolute Gasteiger partial charge is 0.0422 e. The van der Waals surface area contributed by atoms with Crippen LogP contribution in [-0.2, 0) is 0 Å². The highest BCUT2D eigenvalue weighted by molar-refractivity contribution is 5.03. The molecule has 0 radical (unpaired) electrons. The molecule has 0 aromatic carbocycles. The molecule has 1 aliphatic carbocycles. The quantitative estimate of drug-likeness (QED) is 0.556. The number of likely N-dealkylation sites (tertiary alicyclic amines) is 1. The van der Waals surface area contributed by atoms with Crippen LogP contribution in [0.15, 0.2) is 0 Å². The van der Waals surface area contributed by atoms with Crippen molar-refractivity contribution in [3.63, 3.8) is 0 Å². The fraction of sp³-hybridized carbons (Fsp3) is 1.00. The fourth-order valence-corrected chi connectivity index (χ4v) is 5.23. The van der Waals surface area contributed by atoms with Crippen LogP contribution in [0.2, 0.25) is 0 Å². The van der Waals surface area contributed by atoms with Crippen molar-refractivity contribution in [3.05, 3.63) is 0 Å². The van der Waals surface area contributed by atoms with Gasteiger partial charge in [0.2, 0.25) is 0 Å². The van der Waals surface area contributed by atoms with Crippen molar-refractivity contribution in [2.75, 3.05) is 13.1 Å². The third-order valence-corrected chi connectivity index (χ3v) is 6.59. The highest BCUT2D eigenvalue weighted by Gasteiger charge is 2.45. The zero-order valence-corrected chi connectivity index (χ0v) is 14.5. The van der Waals surface area contributed by atoms with Crippen molar-refractivity contribution in [1.29, 1.82) is 0 Å². The molecule has 3 atom stereocenters. The van der Waals surface area contributed by atoms with Crippen LogP contribution in [0.1, 0.15) is 78.6 Å². The molecule has 1 aliphatic heterocycles. The molecule has 2 fully saturated rings. The maximum absolute atomic E-state index is 6.12. The normalized spacial score (nSPS) is 29.7. The van der Waals surface area contributed by atoms with Gasteiger partial charge >= 0.3 is 0 Å². The fourth-order valence-electron chi connectivity index (χ4n) is 5.23. The first kappa shape index (κ1) is 17.2. The second-order valence-electron chi connectivity index (χ2n) is 7.35. The Morgan fingerprint density at radius 1 is 1.10 bits per heavy atom. The molecule has 3 nitrogen and oxygen atoms in total. The highest BCUT2D eigenvalue weighted by atomic mass is 15.3. The largest absolute Gasteiger partial charge is 0.296 e. The summed E-state index contributed by atoms with van der Waals surface area (Å²) in [4.78, 5) is 2.76.